The molecule has 0 unspecified atom stereocenters. The number of nitrogens with one attached hydrogen (secondary N) is 2. The van der Waals surface area contributed by atoms with Crippen molar-refractivity contribution in [1.29, 1.82) is 0 Å². The zero-order chi connectivity index (χ0) is 23.9. The summed E-state index contributed by atoms with van der Waals surface area (Å²) in [6.45, 7) is 3.95. The molecule has 2 aromatic carbocycles. The van der Waals surface area contributed by atoms with E-state index in [1.165, 1.54) is 0 Å². The Hall–Kier alpha value is -4.59. The number of furan rings is 1. The van der Waals surface area contributed by atoms with Gasteiger partial charge in [-0.3, -0.25) is 14.3 Å². The standard InChI is InChI=1S/C26H24N4O4/c1-3-7-18-8-4-5-11-23(18)33-17-21-12-13-24(34-21)26(32)28-20-10-6-9-19(16-20)27-25(31)22-14-15-30(2)29-22/h3-6,8-16H,1,7,17H2,2H3,(H,27,31)(H,28,32). The van der Waals surface area contributed by atoms with Crippen molar-refractivity contribution < 1.29 is 18.7 Å². The van der Waals surface area contributed by atoms with Crippen LogP contribution >= 0.6 is 0 Å². The summed E-state index contributed by atoms with van der Waals surface area (Å²) in [5.41, 5.74) is 2.36. The predicted octanol–water partition coefficient (Wildman–Crippen LogP) is 4.83. The largest absolute Gasteiger partial charge is 0.485 e. The molecule has 0 bridgehead atoms. The van der Waals surface area contributed by atoms with E-state index in [2.05, 4.69) is 22.3 Å². The number of carbonyl (C=O) groups is 2. The van der Waals surface area contributed by atoms with Crippen LogP contribution in [0.1, 0.15) is 32.4 Å². The Balaban J connectivity index is 1.36. The Morgan fingerprint density at radius 3 is 2.53 bits per heavy atom. The predicted molar refractivity (Wildman–Crippen MR) is 129 cm³/mol. The van der Waals surface area contributed by atoms with E-state index in [0.717, 1.165) is 11.3 Å². The third-order valence-electron chi connectivity index (χ3n) is 4.92. The van der Waals surface area contributed by atoms with Crippen molar-refractivity contribution >= 4 is 23.2 Å². The Morgan fingerprint density at radius 2 is 1.79 bits per heavy atom. The highest BCUT2D eigenvalue weighted by Gasteiger charge is 2.14. The maximum Gasteiger partial charge on any atom is 0.291 e. The molecule has 0 spiro atoms. The van der Waals surface area contributed by atoms with E-state index >= 15 is 0 Å². The number of allylic oxidation sites excluding steroid dienone is 1. The van der Waals surface area contributed by atoms with E-state index in [4.69, 9.17) is 9.15 Å². The van der Waals surface area contributed by atoms with Crippen molar-refractivity contribution in [1.82, 2.24) is 9.78 Å². The van der Waals surface area contributed by atoms with Gasteiger partial charge in [0.2, 0.25) is 0 Å². The molecular formula is C26H24N4O4. The van der Waals surface area contributed by atoms with Crippen molar-refractivity contribution in [2.24, 2.45) is 7.05 Å². The second-order valence-corrected chi connectivity index (χ2v) is 7.52. The minimum Gasteiger partial charge on any atom is -0.485 e. The van der Waals surface area contributed by atoms with Crippen LogP contribution in [0.3, 0.4) is 0 Å². The molecule has 0 aliphatic rings. The van der Waals surface area contributed by atoms with Crippen LogP contribution in [0.15, 0.2) is 90.0 Å². The molecule has 34 heavy (non-hydrogen) atoms. The third-order valence-corrected chi connectivity index (χ3v) is 4.92. The van der Waals surface area contributed by atoms with E-state index in [1.54, 1.807) is 60.4 Å². The van der Waals surface area contributed by atoms with Gasteiger partial charge in [-0.25, -0.2) is 0 Å². The SMILES string of the molecule is C=CCc1ccccc1OCc1ccc(C(=O)Nc2cccc(NC(=O)c3ccn(C)n3)c2)o1. The summed E-state index contributed by atoms with van der Waals surface area (Å²) in [7, 11) is 1.74. The molecular weight excluding hydrogens is 432 g/mol. The quantitative estimate of drug-likeness (QED) is 0.352. The summed E-state index contributed by atoms with van der Waals surface area (Å²) in [4.78, 5) is 24.9. The average molecular weight is 457 g/mol. The number of rotatable bonds is 9. The van der Waals surface area contributed by atoms with Gasteiger partial charge >= 0.3 is 0 Å². The van der Waals surface area contributed by atoms with Gasteiger partial charge in [-0.15, -0.1) is 6.58 Å². The zero-order valence-electron chi connectivity index (χ0n) is 18.7. The number of nitrogens with zero attached hydrogens (tertiary/aromatic N) is 2. The molecule has 0 aliphatic carbocycles. The Labute approximate surface area is 196 Å². The van der Waals surface area contributed by atoms with E-state index in [-0.39, 0.29) is 18.3 Å². The van der Waals surface area contributed by atoms with Gasteiger partial charge in [0.05, 0.1) is 0 Å². The molecule has 2 aromatic heterocycles. The fourth-order valence-electron chi connectivity index (χ4n) is 3.29. The summed E-state index contributed by atoms with van der Waals surface area (Å²) in [6, 6.07) is 19.5. The zero-order valence-corrected chi connectivity index (χ0v) is 18.7. The molecule has 4 rings (SSSR count). The molecule has 2 amide bonds. The van der Waals surface area contributed by atoms with Gasteiger partial charge in [0.25, 0.3) is 11.8 Å². The topological polar surface area (TPSA) is 98.4 Å². The van der Waals surface area contributed by atoms with Gasteiger partial charge in [-0.05, 0) is 54.4 Å². The van der Waals surface area contributed by atoms with Gasteiger partial charge < -0.3 is 19.8 Å². The fraction of sp³-hybridized carbons (Fsp3) is 0.115. The van der Waals surface area contributed by atoms with Gasteiger partial charge in [-0.2, -0.15) is 5.10 Å². The molecule has 0 radical (unpaired) electrons. The lowest BCUT2D eigenvalue weighted by Gasteiger charge is -2.09. The summed E-state index contributed by atoms with van der Waals surface area (Å²) < 4.78 is 13.1. The van der Waals surface area contributed by atoms with Gasteiger partial charge in [0.1, 0.15) is 18.1 Å². The van der Waals surface area contributed by atoms with Crippen molar-refractivity contribution in [3.63, 3.8) is 0 Å². The minimum atomic E-state index is -0.411. The summed E-state index contributed by atoms with van der Waals surface area (Å²) in [5, 5.41) is 9.61. The first-order valence-electron chi connectivity index (χ1n) is 10.6. The van der Waals surface area contributed by atoms with E-state index in [1.807, 2.05) is 30.3 Å². The molecule has 2 heterocycles. The number of para-hydroxylation sites is 1. The maximum absolute atomic E-state index is 12.6. The van der Waals surface area contributed by atoms with Crippen LogP contribution in [-0.4, -0.2) is 21.6 Å². The summed E-state index contributed by atoms with van der Waals surface area (Å²) in [6.07, 6.45) is 4.20. The van der Waals surface area contributed by atoms with E-state index < -0.39 is 5.91 Å². The molecule has 0 saturated carbocycles. The molecule has 0 atom stereocenters. The lowest BCUT2D eigenvalue weighted by Crippen LogP contribution is -2.14. The van der Waals surface area contributed by atoms with Crippen LogP contribution in [0.5, 0.6) is 5.75 Å². The number of amides is 2. The second-order valence-electron chi connectivity index (χ2n) is 7.52. The number of carbonyl (C=O) groups excluding carboxylic acids is 2. The van der Waals surface area contributed by atoms with Crippen molar-refractivity contribution in [3.8, 4) is 5.75 Å². The second kappa shape index (κ2) is 10.4. The summed E-state index contributed by atoms with van der Waals surface area (Å²) in [5.74, 6) is 0.672. The first-order chi connectivity index (χ1) is 16.5. The highest BCUT2D eigenvalue weighted by atomic mass is 16.5. The fourth-order valence-corrected chi connectivity index (χ4v) is 3.29. The number of ether oxygens (including phenoxy) is 1. The van der Waals surface area contributed by atoms with Crippen LogP contribution in [0, 0.1) is 0 Å². The molecule has 0 fully saturated rings. The lowest BCUT2D eigenvalue weighted by molar-refractivity contribution is 0.0991. The number of anilines is 2. The van der Waals surface area contributed by atoms with E-state index in [9.17, 15) is 9.59 Å². The number of hydrogen-bond acceptors (Lipinski definition) is 5. The Kier molecular flexibility index (Phi) is 6.88. The van der Waals surface area contributed by atoms with Gasteiger partial charge in [0.15, 0.2) is 11.5 Å². The van der Waals surface area contributed by atoms with Crippen LogP contribution in [0.4, 0.5) is 11.4 Å². The highest BCUT2D eigenvalue weighted by Crippen LogP contribution is 2.21. The normalized spacial score (nSPS) is 10.5. The molecule has 0 saturated heterocycles. The van der Waals surface area contributed by atoms with Crippen LogP contribution in [-0.2, 0) is 20.1 Å². The first kappa shape index (κ1) is 22.6. The molecule has 8 nitrogen and oxygen atoms in total. The lowest BCUT2D eigenvalue weighted by atomic mass is 10.1. The third kappa shape index (κ3) is 5.60. The van der Waals surface area contributed by atoms with Crippen LogP contribution in [0.2, 0.25) is 0 Å². The molecule has 4 aromatic rings. The maximum atomic E-state index is 12.6. The molecule has 2 N–H and O–H groups in total. The van der Waals surface area contributed by atoms with Crippen LogP contribution < -0.4 is 15.4 Å². The molecule has 8 heteroatoms. The number of aryl methyl sites for hydroxylation is 1. The Morgan fingerprint density at radius 1 is 1.03 bits per heavy atom. The number of aromatic nitrogens is 2. The van der Waals surface area contributed by atoms with Crippen molar-refractivity contribution in [3.05, 3.63) is 108 Å². The summed E-state index contributed by atoms with van der Waals surface area (Å²) >= 11 is 0. The average Bonchev–Trinajstić information content (AvgIpc) is 3.48. The minimum absolute atomic E-state index is 0.154. The van der Waals surface area contributed by atoms with Gasteiger partial charge in [0, 0.05) is 24.6 Å². The number of hydrogen-bond donors (Lipinski definition) is 2. The highest BCUT2D eigenvalue weighted by molar-refractivity contribution is 6.04. The van der Waals surface area contributed by atoms with Crippen molar-refractivity contribution in [2.75, 3.05) is 10.6 Å². The smallest absolute Gasteiger partial charge is 0.291 e. The van der Waals surface area contributed by atoms with E-state index in [0.29, 0.717) is 29.2 Å². The van der Waals surface area contributed by atoms with Crippen LogP contribution in [0.25, 0.3) is 0 Å². The van der Waals surface area contributed by atoms with Gasteiger partial charge in [-0.1, -0.05) is 30.3 Å². The van der Waals surface area contributed by atoms with Crippen molar-refractivity contribution in [2.45, 2.75) is 13.0 Å². The first-order valence-corrected chi connectivity index (χ1v) is 10.6. The monoisotopic (exact) mass is 456 g/mol. The molecule has 0 aliphatic heterocycles. The number of benzene rings is 2. The molecule has 172 valence electrons. The Bertz CT molecular complexity index is 1320.